The summed E-state index contributed by atoms with van der Waals surface area (Å²) in [6, 6.07) is 10.6. The van der Waals surface area contributed by atoms with Gasteiger partial charge in [0.25, 0.3) is 0 Å². The Bertz CT molecular complexity index is 812. The van der Waals surface area contributed by atoms with Crippen LogP contribution in [0.15, 0.2) is 36.5 Å². The van der Waals surface area contributed by atoms with Crippen molar-refractivity contribution in [2.24, 2.45) is 5.92 Å². The summed E-state index contributed by atoms with van der Waals surface area (Å²) in [5.41, 5.74) is 2.11. The van der Waals surface area contributed by atoms with Crippen LogP contribution in [0.4, 0.5) is 0 Å². The van der Waals surface area contributed by atoms with Crippen molar-refractivity contribution in [3.05, 3.63) is 42.1 Å². The van der Waals surface area contributed by atoms with Crippen LogP contribution in [0.2, 0.25) is 0 Å². The number of carbonyl (C=O) groups is 1. The Morgan fingerprint density at radius 1 is 1.36 bits per heavy atom. The van der Waals surface area contributed by atoms with E-state index >= 15 is 0 Å². The van der Waals surface area contributed by atoms with Gasteiger partial charge in [-0.3, -0.25) is 4.79 Å². The van der Waals surface area contributed by atoms with E-state index in [0.29, 0.717) is 24.9 Å². The molecule has 0 saturated heterocycles. The van der Waals surface area contributed by atoms with E-state index < -0.39 is 0 Å². The predicted molar refractivity (Wildman–Crippen MR) is 101 cm³/mol. The topological polar surface area (TPSA) is 57.8 Å². The van der Waals surface area contributed by atoms with Crippen LogP contribution in [0.3, 0.4) is 0 Å². The lowest BCUT2D eigenvalue weighted by molar-refractivity contribution is -0.117. The third-order valence-corrected chi connectivity index (χ3v) is 5.14. The summed E-state index contributed by atoms with van der Waals surface area (Å²) >= 11 is 0. The van der Waals surface area contributed by atoms with Crippen molar-refractivity contribution >= 4 is 22.9 Å². The van der Waals surface area contributed by atoms with Gasteiger partial charge in [0, 0.05) is 41.3 Å². The van der Waals surface area contributed by atoms with Crippen molar-refractivity contribution in [3.63, 3.8) is 0 Å². The first-order chi connectivity index (χ1) is 12.2. The second-order valence-electron chi connectivity index (χ2n) is 6.91. The minimum atomic E-state index is -0.0207. The van der Waals surface area contributed by atoms with Crippen molar-refractivity contribution in [3.8, 4) is 6.07 Å². The van der Waals surface area contributed by atoms with E-state index in [1.54, 1.807) is 6.08 Å². The lowest BCUT2D eigenvalue weighted by Gasteiger charge is -2.29. The van der Waals surface area contributed by atoms with Crippen molar-refractivity contribution in [1.29, 1.82) is 5.26 Å². The summed E-state index contributed by atoms with van der Waals surface area (Å²) < 4.78 is 2.08. The summed E-state index contributed by atoms with van der Waals surface area (Å²) in [5, 5.41) is 13.1. The maximum absolute atomic E-state index is 12.3. The normalized spacial score (nSPS) is 20.6. The maximum atomic E-state index is 12.3. The molecule has 1 fully saturated rings. The summed E-state index contributed by atoms with van der Waals surface area (Å²) in [5.74, 6) is 0.534. The minimum absolute atomic E-state index is 0.0207. The van der Waals surface area contributed by atoms with E-state index in [2.05, 4.69) is 28.9 Å². The number of nitriles is 1. The van der Waals surface area contributed by atoms with Crippen molar-refractivity contribution in [1.82, 2.24) is 9.88 Å². The third kappa shape index (κ3) is 4.11. The second-order valence-corrected chi connectivity index (χ2v) is 6.91. The van der Waals surface area contributed by atoms with Crippen molar-refractivity contribution < 1.29 is 4.79 Å². The van der Waals surface area contributed by atoms with E-state index in [4.69, 9.17) is 5.26 Å². The number of fused-ring (bicyclic) bond motifs is 1. The zero-order chi connectivity index (χ0) is 17.6. The fourth-order valence-electron chi connectivity index (χ4n) is 3.69. The molecule has 1 aromatic heterocycles. The van der Waals surface area contributed by atoms with Gasteiger partial charge < -0.3 is 9.88 Å². The number of aryl methyl sites for hydroxylation is 1. The highest BCUT2D eigenvalue weighted by Gasteiger charge is 2.21. The van der Waals surface area contributed by atoms with E-state index in [0.717, 1.165) is 22.9 Å². The van der Waals surface area contributed by atoms with Gasteiger partial charge in [0.05, 0.1) is 12.5 Å². The van der Waals surface area contributed by atoms with Crippen LogP contribution in [0, 0.1) is 17.2 Å². The molecule has 4 nitrogen and oxygen atoms in total. The number of nitrogens with zero attached hydrogens (tertiary/aromatic N) is 2. The molecule has 1 aliphatic rings. The van der Waals surface area contributed by atoms with Crippen LogP contribution in [0.1, 0.15) is 44.6 Å². The molecular formula is C21H25N3O. The van der Waals surface area contributed by atoms with Crippen LogP contribution in [-0.4, -0.2) is 16.5 Å². The number of para-hydroxylation sites is 1. The molecule has 1 heterocycles. The van der Waals surface area contributed by atoms with Gasteiger partial charge in [0.1, 0.15) is 0 Å². The van der Waals surface area contributed by atoms with E-state index in [9.17, 15) is 4.79 Å². The first kappa shape index (κ1) is 17.3. The van der Waals surface area contributed by atoms with Gasteiger partial charge in [0.2, 0.25) is 5.91 Å². The number of hydrogen-bond acceptors (Lipinski definition) is 2. The molecule has 2 unspecified atom stereocenters. The van der Waals surface area contributed by atoms with E-state index in [-0.39, 0.29) is 5.91 Å². The third-order valence-electron chi connectivity index (χ3n) is 5.14. The standard InChI is InChI=1S/C21H25N3O/c1-16-7-2-4-9-19(16)23-21(25)12-11-17-15-24(14-6-13-22)20-10-5-3-8-18(17)20/h3,5,8,10-12,15-16,19H,2,4,6-7,9,14H2,1H3,(H,23,25)/b12-11+. The molecule has 3 rings (SSSR count). The number of nitrogens with one attached hydrogen (secondary N) is 1. The largest absolute Gasteiger partial charge is 0.350 e. The van der Waals surface area contributed by atoms with E-state index in [1.165, 1.54) is 19.3 Å². The summed E-state index contributed by atoms with van der Waals surface area (Å²) in [6.45, 7) is 2.88. The average Bonchev–Trinajstić information content (AvgIpc) is 2.98. The number of hydrogen-bond donors (Lipinski definition) is 1. The molecular weight excluding hydrogens is 310 g/mol. The Morgan fingerprint density at radius 3 is 2.96 bits per heavy atom. The molecule has 1 aliphatic carbocycles. The monoisotopic (exact) mass is 335 g/mol. The molecule has 0 spiro atoms. The van der Waals surface area contributed by atoms with Gasteiger partial charge in [-0.25, -0.2) is 0 Å². The zero-order valence-electron chi connectivity index (χ0n) is 14.7. The number of rotatable bonds is 5. The minimum Gasteiger partial charge on any atom is -0.350 e. The Hall–Kier alpha value is -2.54. The van der Waals surface area contributed by atoms with Crippen LogP contribution in [0.25, 0.3) is 17.0 Å². The summed E-state index contributed by atoms with van der Waals surface area (Å²) in [4.78, 5) is 12.3. The summed E-state index contributed by atoms with van der Waals surface area (Å²) in [6.07, 6.45) is 10.8. The van der Waals surface area contributed by atoms with Crippen LogP contribution < -0.4 is 5.32 Å². The quantitative estimate of drug-likeness (QED) is 0.830. The van der Waals surface area contributed by atoms with Crippen LogP contribution in [-0.2, 0) is 11.3 Å². The van der Waals surface area contributed by atoms with Gasteiger partial charge in [-0.05, 0) is 30.9 Å². The summed E-state index contributed by atoms with van der Waals surface area (Å²) in [7, 11) is 0. The van der Waals surface area contributed by atoms with Gasteiger partial charge in [-0.15, -0.1) is 0 Å². The first-order valence-electron chi connectivity index (χ1n) is 9.12. The first-order valence-corrected chi connectivity index (χ1v) is 9.12. The number of aromatic nitrogens is 1. The maximum Gasteiger partial charge on any atom is 0.244 e. The molecule has 2 atom stereocenters. The van der Waals surface area contributed by atoms with Gasteiger partial charge >= 0.3 is 0 Å². The Kier molecular flexibility index (Phi) is 5.55. The zero-order valence-corrected chi connectivity index (χ0v) is 14.7. The lowest BCUT2D eigenvalue weighted by atomic mass is 9.86. The highest BCUT2D eigenvalue weighted by molar-refractivity contribution is 5.96. The molecule has 1 amide bonds. The Balaban J connectivity index is 1.74. The number of amides is 1. The lowest BCUT2D eigenvalue weighted by Crippen LogP contribution is -2.40. The molecule has 1 N–H and O–H groups in total. The predicted octanol–water partition coefficient (Wildman–Crippen LogP) is 4.26. The highest BCUT2D eigenvalue weighted by Crippen LogP contribution is 2.24. The smallest absolute Gasteiger partial charge is 0.244 e. The molecule has 25 heavy (non-hydrogen) atoms. The van der Waals surface area contributed by atoms with Crippen molar-refractivity contribution in [2.75, 3.05) is 0 Å². The van der Waals surface area contributed by atoms with Gasteiger partial charge in [-0.1, -0.05) is 38.0 Å². The molecule has 0 radical (unpaired) electrons. The fraction of sp³-hybridized carbons (Fsp3) is 0.429. The Labute approximate surface area is 149 Å². The molecule has 1 saturated carbocycles. The molecule has 0 bridgehead atoms. The average molecular weight is 335 g/mol. The number of carbonyl (C=O) groups excluding carboxylic acids is 1. The Morgan fingerprint density at radius 2 is 2.16 bits per heavy atom. The fourth-order valence-corrected chi connectivity index (χ4v) is 3.69. The molecule has 4 heteroatoms. The molecule has 0 aliphatic heterocycles. The molecule has 2 aromatic rings. The van der Waals surface area contributed by atoms with Crippen molar-refractivity contribution in [2.45, 2.75) is 51.6 Å². The van der Waals surface area contributed by atoms with E-state index in [1.807, 2.05) is 30.5 Å². The number of benzene rings is 1. The van der Waals surface area contributed by atoms with Gasteiger partial charge in [-0.2, -0.15) is 5.26 Å². The van der Waals surface area contributed by atoms with Gasteiger partial charge in [0.15, 0.2) is 0 Å². The SMILES string of the molecule is CC1CCCCC1NC(=O)/C=C/c1cn(CCC#N)c2ccccc12. The van der Waals surface area contributed by atoms with Crippen LogP contribution in [0.5, 0.6) is 0 Å². The second kappa shape index (κ2) is 8.02. The molecule has 130 valence electrons. The molecule has 1 aromatic carbocycles. The highest BCUT2D eigenvalue weighted by atomic mass is 16.1. The van der Waals surface area contributed by atoms with Crippen LogP contribution >= 0.6 is 0 Å².